The molecule has 2 rings (SSSR count). The highest BCUT2D eigenvalue weighted by atomic mass is 127. The van der Waals surface area contributed by atoms with Crippen molar-refractivity contribution < 1.29 is 4.74 Å². The molecule has 2 aromatic rings. The first-order chi connectivity index (χ1) is 13.4. The molecule has 0 unspecified atom stereocenters. The van der Waals surface area contributed by atoms with Crippen LogP contribution in [0.5, 0.6) is 5.75 Å². The first-order valence-electron chi connectivity index (χ1n) is 9.78. The summed E-state index contributed by atoms with van der Waals surface area (Å²) >= 11 is 0. The van der Waals surface area contributed by atoms with E-state index in [0.29, 0.717) is 13.2 Å². The van der Waals surface area contributed by atoms with Crippen LogP contribution in [-0.4, -0.2) is 51.7 Å². The predicted octanol–water partition coefficient (Wildman–Crippen LogP) is 3.89. The van der Waals surface area contributed by atoms with Gasteiger partial charge in [-0.1, -0.05) is 62.4 Å². The maximum Gasteiger partial charge on any atom is 0.191 e. The van der Waals surface area contributed by atoms with E-state index in [2.05, 4.69) is 64.7 Å². The quantitative estimate of drug-likeness (QED) is 0.306. The van der Waals surface area contributed by atoms with Crippen molar-refractivity contribution in [3.63, 3.8) is 0 Å². The normalized spacial score (nSPS) is 11.7. The van der Waals surface area contributed by atoms with Crippen LogP contribution in [0.1, 0.15) is 25.0 Å². The number of likely N-dealkylation sites (N-methyl/N-ethyl adjacent to an activating group) is 1. The number of rotatable bonds is 9. The Morgan fingerprint density at radius 1 is 1.00 bits per heavy atom. The number of ether oxygens (including phenoxy) is 1. The summed E-state index contributed by atoms with van der Waals surface area (Å²) in [6, 6.07) is 18.7. The second kappa shape index (κ2) is 12.7. The zero-order valence-corrected chi connectivity index (χ0v) is 20.6. The lowest BCUT2D eigenvalue weighted by Crippen LogP contribution is -2.43. The third-order valence-electron chi connectivity index (χ3n) is 4.69. The number of hydrogen-bond acceptors (Lipinski definition) is 3. The number of guanidine groups is 1. The monoisotopic (exact) mass is 510 g/mol. The van der Waals surface area contributed by atoms with Gasteiger partial charge in [-0.25, -0.2) is 0 Å². The summed E-state index contributed by atoms with van der Waals surface area (Å²) in [7, 11) is 5.89. The van der Waals surface area contributed by atoms with E-state index < -0.39 is 0 Å². The molecule has 0 amide bonds. The Balaban J connectivity index is 0.00000420. The van der Waals surface area contributed by atoms with E-state index >= 15 is 0 Å². The molecular formula is C23H35IN4O. The molecule has 0 fully saturated rings. The highest BCUT2D eigenvalue weighted by molar-refractivity contribution is 14.0. The largest absolute Gasteiger partial charge is 0.492 e. The van der Waals surface area contributed by atoms with Gasteiger partial charge in [-0.05, 0) is 25.7 Å². The molecule has 0 aromatic heterocycles. The van der Waals surface area contributed by atoms with Gasteiger partial charge in [0.2, 0.25) is 0 Å². The second-order valence-electron chi connectivity index (χ2n) is 7.79. The van der Waals surface area contributed by atoms with Crippen LogP contribution in [0.15, 0.2) is 59.6 Å². The molecule has 5 nitrogen and oxygen atoms in total. The summed E-state index contributed by atoms with van der Waals surface area (Å²) in [6.07, 6.45) is 0. The minimum Gasteiger partial charge on any atom is -0.492 e. The van der Waals surface area contributed by atoms with Gasteiger partial charge >= 0.3 is 0 Å². The fourth-order valence-corrected chi connectivity index (χ4v) is 2.82. The lowest BCUT2D eigenvalue weighted by molar-refractivity contribution is 0.259. The molecule has 0 radical (unpaired) electrons. The first kappa shape index (κ1) is 25.2. The molecule has 0 saturated carbocycles. The van der Waals surface area contributed by atoms with Crippen molar-refractivity contribution in [3.8, 4) is 5.75 Å². The van der Waals surface area contributed by atoms with Crippen LogP contribution in [-0.2, 0) is 12.0 Å². The van der Waals surface area contributed by atoms with Gasteiger partial charge in [0.05, 0.1) is 0 Å². The van der Waals surface area contributed by atoms with E-state index in [1.807, 2.05) is 38.4 Å². The van der Waals surface area contributed by atoms with Crippen molar-refractivity contribution >= 4 is 29.9 Å². The number of nitrogens with zero attached hydrogens (tertiary/aromatic N) is 2. The summed E-state index contributed by atoms with van der Waals surface area (Å²) in [6.45, 7) is 7.47. The number of benzene rings is 2. The smallest absolute Gasteiger partial charge is 0.191 e. The second-order valence-corrected chi connectivity index (χ2v) is 7.79. The minimum absolute atomic E-state index is 0. The van der Waals surface area contributed by atoms with E-state index in [1.165, 1.54) is 5.56 Å². The van der Waals surface area contributed by atoms with Crippen molar-refractivity contribution in [3.05, 3.63) is 65.7 Å². The number of aliphatic imine (C=N–C) groups is 1. The molecule has 0 heterocycles. The average molecular weight is 510 g/mol. The molecule has 2 N–H and O–H groups in total. The Labute approximate surface area is 193 Å². The number of para-hydroxylation sites is 1. The van der Waals surface area contributed by atoms with E-state index in [0.717, 1.165) is 30.4 Å². The van der Waals surface area contributed by atoms with Crippen LogP contribution < -0.4 is 15.4 Å². The summed E-state index contributed by atoms with van der Waals surface area (Å²) in [5.74, 6) is 1.70. The van der Waals surface area contributed by atoms with Crippen LogP contribution in [0.4, 0.5) is 0 Å². The molecule has 0 aliphatic carbocycles. The standard InChI is InChI=1S/C23H34N4O.HI/c1-23(2,20-12-7-6-8-13-20)18-26-22(24-3)25-17-19-11-9-10-14-21(19)28-16-15-27(4)5;/h6-14H,15-18H2,1-5H3,(H2,24,25,26);1H. The van der Waals surface area contributed by atoms with Crippen LogP contribution >= 0.6 is 24.0 Å². The molecule has 0 saturated heterocycles. The zero-order valence-electron chi connectivity index (χ0n) is 18.2. The van der Waals surface area contributed by atoms with Gasteiger partial charge in [-0.15, -0.1) is 24.0 Å². The van der Waals surface area contributed by atoms with Gasteiger partial charge in [0.1, 0.15) is 12.4 Å². The molecule has 160 valence electrons. The van der Waals surface area contributed by atoms with Crippen molar-refractivity contribution in [1.82, 2.24) is 15.5 Å². The predicted molar refractivity (Wildman–Crippen MR) is 134 cm³/mol. The van der Waals surface area contributed by atoms with Crippen molar-refractivity contribution in [1.29, 1.82) is 0 Å². The van der Waals surface area contributed by atoms with Crippen LogP contribution in [0.3, 0.4) is 0 Å². The summed E-state index contributed by atoms with van der Waals surface area (Å²) in [5.41, 5.74) is 2.43. The molecule has 6 heteroatoms. The molecule has 0 bridgehead atoms. The molecule has 2 aromatic carbocycles. The Kier molecular flexibility index (Phi) is 11.0. The fraction of sp³-hybridized carbons (Fsp3) is 0.435. The van der Waals surface area contributed by atoms with Crippen LogP contribution in [0.2, 0.25) is 0 Å². The Morgan fingerprint density at radius 3 is 2.31 bits per heavy atom. The summed E-state index contributed by atoms with van der Waals surface area (Å²) in [5, 5.41) is 6.85. The van der Waals surface area contributed by atoms with Gasteiger partial charge in [-0.2, -0.15) is 0 Å². The maximum atomic E-state index is 5.94. The lowest BCUT2D eigenvalue weighted by atomic mass is 9.85. The van der Waals surface area contributed by atoms with E-state index in [-0.39, 0.29) is 29.4 Å². The Bertz CT molecular complexity index is 748. The molecular weight excluding hydrogens is 475 g/mol. The molecule has 0 aliphatic rings. The molecule has 0 aliphatic heterocycles. The van der Waals surface area contributed by atoms with E-state index in [9.17, 15) is 0 Å². The third-order valence-corrected chi connectivity index (χ3v) is 4.69. The van der Waals surface area contributed by atoms with Gasteiger partial charge in [0.15, 0.2) is 5.96 Å². The van der Waals surface area contributed by atoms with Crippen molar-refractivity contribution in [2.75, 3.05) is 40.8 Å². The third kappa shape index (κ3) is 8.62. The van der Waals surface area contributed by atoms with Gasteiger partial charge in [0, 0.05) is 37.7 Å². The maximum absolute atomic E-state index is 5.94. The van der Waals surface area contributed by atoms with Crippen LogP contribution in [0, 0.1) is 0 Å². The van der Waals surface area contributed by atoms with Crippen molar-refractivity contribution in [2.24, 2.45) is 4.99 Å². The number of halogens is 1. The lowest BCUT2D eigenvalue weighted by Gasteiger charge is -2.27. The molecule has 0 spiro atoms. The molecule has 29 heavy (non-hydrogen) atoms. The Morgan fingerprint density at radius 2 is 1.66 bits per heavy atom. The minimum atomic E-state index is 0. The van der Waals surface area contributed by atoms with Crippen LogP contribution in [0.25, 0.3) is 0 Å². The zero-order chi connectivity index (χ0) is 20.4. The van der Waals surface area contributed by atoms with Crippen molar-refractivity contribution in [2.45, 2.75) is 25.8 Å². The highest BCUT2D eigenvalue weighted by Crippen LogP contribution is 2.21. The van der Waals surface area contributed by atoms with E-state index in [1.54, 1.807) is 7.05 Å². The SMILES string of the molecule is CN=C(NCc1ccccc1OCCN(C)C)NCC(C)(C)c1ccccc1.I. The summed E-state index contributed by atoms with van der Waals surface area (Å²) in [4.78, 5) is 6.47. The fourth-order valence-electron chi connectivity index (χ4n) is 2.82. The van der Waals surface area contributed by atoms with Gasteiger partial charge in [0.25, 0.3) is 0 Å². The topological polar surface area (TPSA) is 48.9 Å². The van der Waals surface area contributed by atoms with Gasteiger partial charge in [-0.3, -0.25) is 4.99 Å². The number of hydrogen-bond donors (Lipinski definition) is 2. The number of nitrogens with one attached hydrogen (secondary N) is 2. The van der Waals surface area contributed by atoms with Gasteiger partial charge < -0.3 is 20.3 Å². The average Bonchev–Trinajstić information content (AvgIpc) is 2.69. The first-order valence-corrected chi connectivity index (χ1v) is 9.78. The summed E-state index contributed by atoms with van der Waals surface area (Å²) < 4.78 is 5.94. The highest BCUT2D eigenvalue weighted by Gasteiger charge is 2.20. The Hall–Kier alpha value is -1.80. The molecule has 0 atom stereocenters. The van der Waals surface area contributed by atoms with E-state index in [4.69, 9.17) is 4.74 Å².